The van der Waals surface area contributed by atoms with Gasteiger partial charge >= 0.3 is 0 Å². The molecule has 1 aromatic carbocycles. The SMILES string of the molecule is CC(CCCN)C(=O)NC(C)c1ccccc1Br. The summed E-state index contributed by atoms with van der Waals surface area (Å²) in [6.45, 7) is 4.57. The summed E-state index contributed by atoms with van der Waals surface area (Å²) in [4.78, 5) is 12.0. The lowest BCUT2D eigenvalue weighted by Crippen LogP contribution is -2.32. The zero-order chi connectivity index (χ0) is 13.5. The number of hydrogen-bond acceptors (Lipinski definition) is 2. The molecule has 0 aliphatic heterocycles. The summed E-state index contributed by atoms with van der Waals surface area (Å²) in [7, 11) is 0. The minimum Gasteiger partial charge on any atom is -0.349 e. The van der Waals surface area contributed by atoms with Gasteiger partial charge in [-0.15, -0.1) is 0 Å². The van der Waals surface area contributed by atoms with Gasteiger partial charge in [-0.05, 0) is 37.9 Å². The highest BCUT2D eigenvalue weighted by Gasteiger charge is 2.16. The van der Waals surface area contributed by atoms with Gasteiger partial charge < -0.3 is 11.1 Å². The Morgan fingerprint density at radius 3 is 2.67 bits per heavy atom. The highest BCUT2D eigenvalue weighted by molar-refractivity contribution is 9.10. The fraction of sp³-hybridized carbons (Fsp3) is 0.500. The first-order valence-electron chi connectivity index (χ1n) is 6.31. The van der Waals surface area contributed by atoms with Crippen molar-refractivity contribution in [3.05, 3.63) is 34.3 Å². The molecular weight excluding hydrogens is 292 g/mol. The van der Waals surface area contributed by atoms with Crippen molar-refractivity contribution in [3.8, 4) is 0 Å². The number of halogens is 1. The summed E-state index contributed by atoms with van der Waals surface area (Å²) in [5, 5.41) is 3.04. The smallest absolute Gasteiger partial charge is 0.223 e. The van der Waals surface area contributed by atoms with Crippen LogP contribution in [0.1, 0.15) is 38.3 Å². The van der Waals surface area contributed by atoms with Gasteiger partial charge in [0, 0.05) is 10.4 Å². The average Bonchev–Trinajstić information content (AvgIpc) is 2.36. The third kappa shape index (κ3) is 4.42. The fourth-order valence-corrected chi connectivity index (χ4v) is 2.44. The third-order valence-corrected chi connectivity index (χ3v) is 3.74. The number of rotatable bonds is 6. The molecule has 4 heteroatoms. The van der Waals surface area contributed by atoms with E-state index in [9.17, 15) is 4.79 Å². The van der Waals surface area contributed by atoms with Crippen LogP contribution in [0.3, 0.4) is 0 Å². The summed E-state index contributed by atoms with van der Waals surface area (Å²) in [5.41, 5.74) is 6.55. The van der Waals surface area contributed by atoms with Gasteiger partial charge in [0.05, 0.1) is 6.04 Å². The van der Waals surface area contributed by atoms with Crippen molar-refractivity contribution in [2.24, 2.45) is 11.7 Å². The molecule has 0 saturated carbocycles. The van der Waals surface area contributed by atoms with E-state index in [2.05, 4.69) is 21.2 Å². The van der Waals surface area contributed by atoms with Crippen LogP contribution < -0.4 is 11.1 Å². The Bertz CT molecular complexity index is 395. The van der Waals surface area contributed by atoms with Crippen LogP contribution in [0.4, 0.5) is 0 Å². The van der Waals surface area contributed by atoms with E-state index >= 15 is 0 Å². The molecule has 0 aliphatic rings. The number of nitrogens with two attached hydrogens (primary N) is 1. The van der Waals surface area contributed by atoms with E-state index < -0.39 is 0 Å². The van der Waals surface area contributed by atoms with Crippen LogP contribution in [-0.2, 0) is 4.79 Å². The normalized spacial score (nSPS) is 14.0. The maximum absolute atomic E-state index is 12.0. The Morgan fingerprint density at radius 1 is 1.39 bits per heavy atom. The number of hydrogen-bond donors (Lipinski definition) is 2. The maximum atomic E-state index is 12.0. The molecule has 2 unspecified atom stereocenters. The van der Waals surface area contributed by atoms with Crippen molar-refractivity contribution >= 4 is 21.8 Å². The van der Waals surface area contributed by atoms with E-state index in [0.717, 1.165) is 22.9 Å². The summed E-state index contributed by atoms with van der Waals surface area (Å²) in [5.74, 6) is 0.102. The second-order valence-electron chi connectivity index (χ2n) is 4.58. The summed E-state index contributed by atoms with van der Waals surface area (Å²) in [6.07, 6.45) is 1.73. The van der Waals surface area contributed by atoms with Crippen LogP contribution in [0.2, 0.25) is 0 Å². The number of amides is 1. The highest BCUT2D eigenvalue weighted by atomic mass is 79.9. The molecule has 0 spiro atoms. The van der Waals surface area contributed by atoms with E-state index in [-0.39, 0.29) is 17.9 Å². The molecule has 0 bridgehead atoms. The van der Waals surface area contributed by atoms with Gasteiger partial charge in [0.15, 0.2) is 0 Å². The Balaban J connectivity index is 2.57. The second kappa shape index (κ2) is 7.54. The molecule has 2 atom stereocenters. The van der Waals surface area contributed by atoms with Gasteiger partial charge in [-0.1, -0.05) is 41.1 Å². The molecule has 0 aliphatic carbocycles. The Hall–Kier alpha value is -0.870. The van der Waals surface area contributed by atoms with Gasteiger partial charge in [0.1, 0.15) is 0 Å². The number of benzene rings is 1. The standard InChI is InChI=1S/C14H21BrN2O/c1-10(6-5-9-16)14(18)17-11(2)12-7-3-4-8-13(12)15/h3-4,7-8,10-11H,5-6,9,16H2,1-2H3,(H,17,18). The van der Waals surface area contributed by atoms with Gasteiger partial charge in [0.2, 0.25) is 5.91 Å². The number of carbonyl (C=O) groups excluding carboxylic acids is 1. The van der Waals surface area contributed by atoms with Crippen molar-refractivity contribution in [2.45, 2.75) is 32.7 Å². The minimum atomic E-state index is 0.00778. The quantitative estimate of drug-likeness (QED) is 0.848. The molecule has 0 saturated heterocycles. The molecule has 1 rings (SSSR count). The number of carbonyl (C=O) groups is 1. The van der Waals surface area contributed by atoms with Crippen molar-refractivity contribution < 1.29 is 4.79 Å². The van der Waals surface area contributed by atoms with Gasteiger partial charge in [-0.2, -0.15) is 0 Å². The molecule has 0 radical (unpaired) electrons. The highest BCUT2D eigenvalue weighted by Crippen LogP contribution is 2.23. The zero-order valence-corrected chi connectivity index (χ0v) is 12.5. The molecule has 100 valence electrons. The molecule has 0 heterocycles. The van der Waals surface area contributed by atoms with Gasteiger partial charge in [-0.3, -0.25) is 4.79 Å². The molecule has 0 aromatic heterocycles. The van der Waals surface area contributed by atoms with E-state index in [0.29, 0.717) is 6.54 Å². The zero-order valence-electron chi connectivity index (χ0n) is 10.9. The predicted molar refractivity (Wildman–Crippen MR) is 78.2 cm³/mol. The Morgan fingerprint density at radius 2 is 2.06 bits per heavy atom. The summed E-state index contributed by atoms with van der Waals surface area (Å²) >= 11 is 3.50. The lowest BCUT2D eigenvalue weighted by Gasteiger charge is -2.18. The van der Waals surface area contributed by atoms with E-state index in [1.165, 1.54) is 0 Å². The Labute approximate surface area is 117 Å². The van der Waals surface area contributed by atoms with Crippen molar-refractivity contribution in [3.63, 3.8) is 0 Å². The lowest BCUT2D eigenvalue weighted by molar-refractivity contribution is -0.125. The molecule has 1 aromatic rings. The van der Waals surface area contributed by atoms with Gasteiger partial charge in [-0.25, -0.2) is 0 Å². The van der Waals surface area contributed by atoms with Crippen LogP contribution >= 0.6 is 15.9 Å². The largest absolute Gasteiger partial charge is 0.349 e. The van der Waals surface area contributed by atoms with Crippen LogP contribution in [0.5, 0.6) is 0 Å². The molecule has 0 fully saturated rings. The maximum Gasteiger partial charge on any atom is 0.223 e. The third-order valence-electron chi connectivity index (χ3n) is 3.02. The first-order chi connectivity index (χ1) is 8.56. The first kappa shape index (κ1) is 15.2. The van der Waals surface area contributed by atoms with Crippen LogP contribution in [0, 0.1) is 5.92 Å². The van der Waals surface area contributed by atoms with E-state index in [1.54, 1.807) is 0 Å². The number of nitrogens with one attached hydrogen (secondary N) is 1. The second-order valence-corrected chi connectivity index (χ2v) is 5.44. The lowest BCUT2D eigenvalue weighted by atomic mass is 10.0. The van der Waals surface area contributed by atoms with Gasteiger partial charge in [0.25, 0.3) is 0 Å². The fourth-order valence-electron chi connectivity index (χ4n) is 1.81. The molecule has 18 heavy (non-hydrogen) atoms. The van der Waals surface area contributed by atoms with Crippen molar-refractivity contribution in [1.82, 2.24) is 5.32 Å². The monoisotopic (exact) mass is 312 g/mol. The molecule has 1 amide bonds. The average molecular weight is 313 g/mol. The van der Waals surface area contributed by atoms with Crippen LogP contribution in [0.25, 0.3) is 0 Å². The van der Waals surface area contributed by atoms with Crippen LogP contribution in [-0.4, -0.2) is 12.5 Å². The minimum absolute atomic E-state index is 0.00778. The molecule has 3 nitrogen and oxygen atoms in total. The van der Waals surface area contributed by atoms with Crippen molar-refractivity contribution in [1.29, 1.82) is 0 Å². The summed E-state index contributed by atoms with van der Waals surface area (Å²) in [6, 6.07) is 7.94. The first-order valence-corrected chi connectivity index (χ1v) is 7.10. The molecule has 3 N–H and O–H groups in total. The Kier molecular flexibility index (Phi) is 6.36. The van der Waals surface area contributed by atoms with Crippen molar-refractivity contribution in [2.75, 3.05) is 6.54 Å². The topological polar surface area (TPSA) is 55.1 Å². The van der Waals surface area contributed by atoms with Crippen LogP contribution in [0.15, 0.2) is 28.7 Å². The predicted octanol–water partition coefficient (Wildman–Crippen LogP) is 3.00. The van der Waals surface area contributed by atoms with E-state index in [1.807, 2.05) is 38.1 Å². The van der Waals surface area contributed by atoms with E-state index in [4.69, 9.17) is 5.73 Å². The molecular formula is C14H21BrN2O. The summed E-state index contributed by atoms with van der Waals surface area (Å²) < 4.78 is 1.02.